The van der Waals surface area contributed by atoms with Crippen LogP contribution in [0, 0.1) is 6.92 Å². The number of nitrogens with zero attached hydrogens (tertiary/aromatic N) is 2. The number of anilines is 1. The fraction of sp³-hybridized carbons (Fsp3) is 0.471. The summed E-state index contributed by atoms with van der Waals surface area (Å²) in [6.45, 7) is 9.93. The molecule has 0 unspecified atom stereocenters. The van der Waals surface area contributed by atoms with Crippen molar-refractivity contribution in [3.05, 3.63) is 41.7 Å². The largest absolute Gasteiger partial charge is 0.491 e. The highest BCUT2D eigenvalue weighted by atomic mass is 16.5. The minimum absolute atomic E-state index is 0.390. The van der Waals surface area contributed by atoms with Crippen LogP contribution in [0.25, 0.3) is 0 Å². The van der Waals surface area contributed by atoms with Crippen molar-refractivity contribution in [1.29, 1.82) is 0 Å². The molecule has 0 atom stereocenters. The summed E-state index contributed by atoms with van der Waals surface area (Å²) in [5, 5.41) is 7.80. The van der Waals surface area contributed by atoms with E-state index < -0.39 is 0 Å². The molecule has 1 aromatic carbocycles. The summed E-state index contributed by atoms with van der Waals surface area (Å²) >= 11 is 0. The minimum Gasteiger partial charge on any atom is -0.491 e. The van der Waals surface area contributed by atoms with E-state index in [0.29, 0.717) is 6.04 Å². The van der Waals surface area contributed by atoms with Gasteiger partial charge in [-0.15, -0.1) is 0 Å². The van der Waals surface area contributed by atoms with Gasteiger partial charge in [-0.3, -0.25) is 4.68 Å². The normalized spacial score (nSPS) is 10.9. The van der Waals surface area contributed by atoms with E-state index in [1.165, 1.54) is 11.1 Å². The predicted molar refractivity (Wildman–Crippen MR) is 86.9 cm³/mol. The molecule has 21 heavy (non-hydrogen) atoms. The average Bonchev–Trinajstić information content (AvgIpc) is 2.93. The van der Waals surface area contributed by atoms with Crippen LogP contribution in [0.5, 0.6) is 5.75 Å². The van der Waals surface area contributed by atoms with Crippen LogP contribution in [0.3, 0.4) is 0 Å². The average molecular weight is 287 g/mol. The van der Waals surface area contributed by atoms with E-state index in [2.05, 4.69) is 62.5 Å². The number of hydrogen-bond donors (Lipinski definition) is 1. The third kappa shape index (κ3) is 4.25. The van der Waals surface area contributed by atoms with Crippen LogP contribution in [-0.2, 0) is 6.54 Å². The third-order valence-corrected chi connectivity index (χ3v) is 3.27. The van der Waals surface area contributed by atoms with Gasteiger partial charge in [0.15, 0.2) is 0 Å². The maximum atomic E-state index is 5.82. The monoisotopic (exact) mass is 287 g/mol. The molecule has 1 aromatic heterocycles. The summed E-state index contributed by atoms with van der Waals surface area (Å²) < 4.78 is 7.79. The number of ether oxygens (including phenoxy) is 1. The summed E-state index contributed by atoms with van der Waals surface area (Å²) in [7, 11) is 0. The van der Waals surface area contributed by atoms with Gasteiger partial charge in [0.1, 0.15) is 5.75 Å². The topological polar surface area (TPSA) is 39.1 Å². The first-order valence-corrected chi connectivity index (χ1v) is 7.60. The maximum Gasteiger partial charge on any atom is 0.142 e. The second-order valence-corrected chi connectivity index (χ2v) is 5.62. The molecule has 0 aliphatic heterocycles. The van der Waals surface area contributed by atoms with E-state index in [9.17, 15) is 0 Å². The number of benzene rings is 1. The smallest absolute Gasteiger partial charge is 0.142 e. The Morgan fingerprint density at radius 1 is 1.33 bits per heavy atom. The first-order chi connectivity index (χ1) is 10.1. The van der Waals surface area contributed by atoms with Crippen LogP contribution in [0.2, 0.25) is 0 Å². The molecule has 4 nitrogen and oxygen atoms in total. The molecule has 0 bridgehead atoms. The van der Waals surface area contributed by atoms with Crippen molar-refractivity contribution in [3.8, 4) is 5.75 Å². The van der Waals surface area contributed by atoms with Gasteiger partial charge >= 0.3 is 0 Å². The number of aryl methyl sites for hydroxylation is 1. The van der Waals surface area contributed by atoms with E-state index >= 15 is 0 Å². The lowest BCUT2D eigenvalue weighted by atomic mass is 10.2. The fourth-order valence-electron chi connectivity index (χ4n) is 2.06. The molecular formula is C17H25N3O. The van der Waals surface area contributed by atoms with E-state index in [1.54, 1.807) is 0 Å². The van der Waals surface area contributed by atoms with Crippen molar-refractivity contribution in [2.24, 2.45) is 0 Å². The van der Waals surface area contributed by atoms with E-state index in [-0.39, 0.29) is 0 Å². The van der Waals surface area contributed by atoms with Gasteiger partial charge in [0.2, 0.25) is 0 Å². The van der Waals surface area contributed by atoms with Crippen LogP contribution in [-0.4, -0.2) is 16.4 Å². The molecule has 0 radical (unpaired) electrons. The number of hydrogen-bond acceptors (Lipinski definition) is 3. The molecule has 0 saturated carbocycles. The van der Waals surface area contributed by atoms with Gasteiger partial charge in [0, 0.05) is 24.3 Å². The number of nitrogens with one attached hydrogen (secondary N) is 1. The third-order valence-electron chi connectivity index (χ3n) is 3.27. The quantitative estimate of drug-likeness (QED) is 0.830. The standard InChI is InChI=1S/C17H25N3O/c1-5-8-21-17-9-14(4)6-7-16(17)18-10-15-11-19-20(12-15)13(2)3/h6-7,9,11-13,18H,5,8,10H2,1-4H3. The molecule has 114 valence electrons. The maximum absolute atomic E-state index is 5.82. The van der Waals surface area contributed by atoms with Gasteiger partial charge in [-0.2, -0.15) is 5.10 Å². The van der Waals surface area contributed by atoms with Gasteiger partial charge in [-0.05, 0) is 44.9 Å². The lowest BCUT2D eigenvalue weighted by molar-refractivity contribution is 0.318. The SMILES string of the molecule is CCCOc1cc(C)ccc1NCc1cnn(C(C)C)c1. The van der Waals surface area contributed by atoms with Gasteiger partial charge < -0.3 is 10.1 Å². The summed E-state index contributed by atoms with van der Waals surface area (Å²) in [6, 6.07) is 6.64. The van der Waals surface area contributed by atoms with E-state index in [4.69, 9.17) is 4.74 Å². The molecule has 0 saturated heterocycles. The van der Waals surface area contributed by atoms with Crippen molar-refractivity contribution in [2.75, 3.05) is 11.9 Å². The molecule has 0 spiro atoms. The first kappa shape index (κ1) is 15.4. The minimum atomic E-state index is 0.390. The van der Waals surface area contributed by atoms with Crippen LogP contribution in [0.15, 0.2) is 30.6 Å². The van der Waals surface area contributed by atoms with Crippen molar-refractivity contribution in [2.45, 2.75) is 46.7 Å². The Kier molecular flexibility index (Phi) is 5.26. The van der Waals surface area contributed by atoms with Crippen LogP contribution < -0.4 is 10.1 Å². The zero-order valence-electron chi connectivity index (χ0n) is 13.4. The summed E-state index contributed by atoms with van der Waals surface area (Å²) in [6.07, 6.45) is 5.00. The molecular weight excluding hydrogens is 262 g/mol. The lowest BCUT2D eigenvalue weighted by Crippen LogP contribution is -2.04. The molecule has 2 aromatic rings. The summed E-state index contributed by atoms with van der Waals surface area (Å²) in [5.74, 6) is 0.924. The highest BCUT2D eigenvalue weighted by Gasteiger charge is 2.06. The molecule has 4 heteroatoms. The second-order valence-electron chi connectivity index (χ2n) is 5.62. The highest BCUT2D eigenvalue weighted by molar-refractivity contribution is 5.57. The molecule has 0 amide bonds. The van der Waals surface area contributed by atoms with Gasteiger partial charge in [0.25, 0.3) is 0 Å². The Morgan fingerprint density at radius 3 is 2.81 bits per heavy atom. The zero-order chi connectivity index (χ0) is 15.2. The summed E-state index contributed by atoms with van der Waals surface area (Å²) in [5.41, 5.74) is 3.41. The van der Waals surface area contributed by atoms with Crippen molar-refractivity contribution in [1.82, 2.24) is 9.78 Å². The van der Waals surface area contributed by atoms with E-state index in [0.717, 1.165) is 31.0 Å². The van der Waals surface area contributed by atoms with Gasteiger partial charge in [-0.1, -0.05) is 13.0 Å². The van der Waals surface area contributed by atoms with Crippen molar-refractivity contribution >= 4 is 5.69 Å². The predicted octanol–water partition coefficient (Wildman–Crippen LogP) is 4.17. The highest BCUT2D eigenvalue weighted by Crippen LogP contribution is 2.26. The molecule has 0 fully saturated rings. The Morgan fingerprint density at radius 2 is 2.14 bits per heavy atom. The fourth-order valence-corrected chi connectivity index (χ4v) is 2.06. The van der Waals surface area contributed by atoms with Gasteiger partial charge in [-0.25, -0.2) is 0 Å². The lowest BCUT2D eigenvalue weighted by Gasteiger charge is -2.13. The number of aromatic nitrogens is 2. The van der Waals surface area contributed by atoms with Crippen molar-refractivity contribution < 1.29 is 4.74 Å². The Hall–Kier alpha value is -1.97. The van der Waals surface area contributed by atoms with Crippen molar-refractivity contribution in [3.63, 3.8) is 0 Å². The zero-order valence-corrected chi connectivity index (χ0v) is 13.4. The Labute approximate surface area is 127 Å². The molecule has 2 rings (SSSR count). The second kappa shape index (κ2) is 7.16. The Balaban J connectivity index is 2.04. The van der Waals surface area contributed by atoms with Gasteiger partial charge in [0.05, 0.1) is 18.5 Å². The molecule has 0 aliphatic rings. The molecule has 1 heterocycles. The van der Waals surface area contributed by atoms with Crippen LogP contribution in [0.4, 0.5) is 5.69 Å². The first-order valence-electron chi connectivity index (χ1n) is 7.60. The molecule has 0 aliphatic carbocycles. The van der Waals surface area contributed by atoms with Crippen LogP contribution >= 0.6 is 0 Å². The number of rotatable bonds is 7. The van der Waals surface area contributed by atoms with Crippen LogP contribution in [0.1, 0.15) is 44.4 Å². The van der Waals surface area contributed by atoms with E-state index in [1.807, 2.05) is 10.9 Å². The summed E-state index contributed by atoms with van der Waals surface area (Å²) in [4.78, 5) is 0. The molecule has 1 N–H and O–H groups in total. The Bertz CT molecular complexity index is 575.